The van der Waals surface area contributed by atoms with Gasteiger partial charge < -0.3 is 10.5 Å². The quantitative estimate of drug-likeness (QED) is 0.757. The molecule has 0 aliphatic rings. The Morgan fingerprint density at radius 2 is 1.86 bits per heavy atom. The van der Waals surface area contributed by atoms with Gasteiger partial charge in [0.25, 0.3) is 0 Å². The molecule has 114 valence electrons. The summed E-state index contributed by atoms with van der Waals surface area (Å²) < 4.78 is 5.48. The number of hydrogen-bond acceptors (Lipinski definition) is 3. The second-order valence-electron chi connectivity index (χ2n) is 5.18. The van der Waals surface area contributed by atoms with Crippen molar-refractivity contribution < 1.29 is 4.74 Å². The van der Waals surface area contributed by atoms with Crippen molar-refractivity contribution in [3.05, 3.63) is 48.0 Å². The summed E-state index contributed by atoms with van der Waals surface area (Å²) in [5.41, 5.74) is 7.33. The maximum Gasteiger partial charge on any atom is 0.0593 e. The van der Waals surface area contributed by atoms with E-state index in [1.165, 1.54) is 16.3 Å². The van der Waals surface area contributed by atoms with Crippen molar-refractivity contribution in [2.75, 3.05) is 32.8 Å². The first-order valence-electron chi connectivity index (χ1n) is 7.80. The highest BCUT2D eigenvalue weighted by molar-refractivity contribution is 5.83. The Bertz CT molecular complexity index is 556. The number of fused-ring (bicyclic) bond motifs is 1. The summed E-state index contributed by atoms with van der Waals surface area (Å²) in [7, 11) is 0. The lowest BCUT2D eigenvalue weighted by molar-refractivity contribution is 0.0981. The van der Waals surface area contributed by atoms with Gasteiger partial charge in [-0.25, -0.2) is 0 Å². The Morgan fingerprint density at radius 3 is 2.52 bits per heavy atom. The maximum atomic E-state index is 6.05. The van der Waals surface area contributed by atoms with Crippen molar-refractivity contribution in [1.82, 2.24) is 4.90 Å². The molecule has 0 radical (unpaired) electrons. The second kappa shape index (κ2) is 8.13. The van der Waals surface area contributed by atoms with E-state index < -0.39 is 0 Å². The molecule has 0 fully saturated rings. The fourth-order valence-corrected chi connectivity index (χ4v) is 2.77. The third kappa shape index (κ3) is 4.03. The van der Waals surface area contributed by atoms with Gasteiger partial charge in [0.2, 0.25) is 0 Å². The van der Waals surface area contributed by atoms with Crippen LogP contribution in [0.5, 0.6) is 0 Å². The molecular weight excluding hydrogens is 260 g/mol. The summed E-state index contributed by atoms with van der Waals surface area (Å²) in [4.78, 5) is 2.39. The average Bonchev–Trinajstić information content (AvgIpc) is 2.54. The van der Waals surface area contributed by atoms with Crippen molar-refractivity contribution in [3.63, 3.8) is 0 Å². The predicted octanol–water partition coefficient (Wildman–Crippen LogP) is 3.20. The summed E-state index contributed by atoms with van der Waals surface area (Å²) in [6, 6.07) is 15.3. The van der Waals surface area contributed by atoms with E-state index in [2.05, 4.69) is 54.3 Å². The molecule has 0 heterocycles. The van der Waals surface area contributed by atoms with Crippen LogP contribution in [0.15, 0.2) is 42.5 Å². The third-order valence-electron chi connectivity index (χ3n) is 3.96. The van der Waals surface area contributed by atoms with E-state index >= 15 is 0 Å². The molecule has 2 aromatic carbocycles. The molecular formula is C18H26N2O. The van der Waals surface area contributed by atoms with Gasteiger partial charge >= 0.3 is 0 Å². The van der Waals surface area contributed by atoms with Crippen molar-refractivity contribution in [2.45, 2.75) is 19.9 Å². The number of hydrogen-bond donors (Lipinski definition) is 1. The van der Waals surface area contributed by atoms with Gasteiger partial charge in [0.15, 0.2) is 0 Å². The zero-order chi connectivity index (χ0) is 15.1. The summed E-state index contributed by atoms with van der Waals surface area (Å²) >= 11 is 0. The Kier molecular flexibility index (Phi) is 6.18. The van der Waals surface area contributed by atoms with E-state index in [4.69, 9.17) is 10.5 Å². The Hall–Kier alpha value is -1.42. The molecule has 0 bridgehead atoms. The van der Waals surface area contributed by atoms with E-state index in [9.17, 15) is 0 Å². The van der Waals surface area contributed by atoms with Gasteiger partial charge in [-0.1, -0.05) is 43.3 Å². The largest absolute Gasteiger partial charge is 0.380 e. The van der Waals surface area contributed by atoms with Crippen LogP contribution in [0.3, 0.4) is 0 Å². The molecule has 0 saturated carbocycles. The van der Waals surface area contributed by atoms with E-state index in [-0.39, 0.29) is 6.04 Å². The Balaban J connectivity index is 2.20. The summed E-state index contributed by atoms with van der Waals surface area (Å²) in [6.45, 7) is 8.24. The lowest BCUT2D eigenvalue weighted by Crippen LogP contribution is -2.36. The van der Waals surface area contributed by atoms with Crippen molar-refractivity contribution >= 4 is 10.8 Å². The van der Waals surface area contributed by atoms with Crippen LogP contribution in [-0.2, 0) is 4.74 Å². The first kappa shape index (κ1) is 16.0. The predicted molar refractivity (Wildman–Crippen MR) is 89.5 cm³/mol. The molecule has 0 aromatic heterocycles. The van der Waals surface area contributed by atoms with Crippen LogP contribution >= 0.6 is 0 Å². The Labute approximate surface area is 127 Å². The summed E-state index contributed by atoms with van der Waals surface area (Å²) in [5.74, 6) is 0. The highest BCUT2D eigenvalue weighted by Gasteiger charge is 2.17. The third-order valence-corrected chi connectivity index (χ3v) is 3.96. The number of nitrogens with two attached hydrogens (primary N) is 1. The monoisotopic (exact) mass is 286 g/mol. The topological polar surface area (TPSA) is 38.5 Å². The SMILES string of the molecule is CCOCCN(CC)C(CN)c1ccc2ccccc2c1. The standard InChI is InChI=1S/C18H26N2O/c1-3-20(11-12-21-4-2)18(14-19)17-10-9-15-7-5-6-8-16(15)13-17/h5-10,13,18H,3-4,11-12,14,19H2,1-2H3. The van der Waals surface area contributed by atoms with Gasteiger partial charge in [0, 0.05) is 25.7 Å². The van der Waals surface area contributed by atoms with Gasteiger partial charge in [0.1, 0.15) is 0 Å². The zero-order valence-corrected chi connectivity index (χ0v) is 13.1. The van der Waals surface area contributed by atoms with E-state index in [1.54, 1.807) is 0 Å². The molecule has 21 heavy (non-hydrogen) atoms. The molecule has 2 aromatic rings. The molecule has 0 aliphatic heterocycles. The number of likely N-dealkylation sites (N-methyl/N-ethyl adjacent to an activating group) is 1. The fourth-order valence-electron chi connectivity index (χ4n) is 2.77. The molecule has 0 amide bonds. The summed E-state index contributed by atoms with van der Waals surface area (Å²) in [5, 5.41) is 2.55. The number of ether oxygens (including phenoxy) is 1. The van der Waals surface area contributed by atoms with Crippen LogP contribution < -0.4 is 5.73 Å². The second-order valence-corrected chi connectivity index (χ2v) is 5.18. The van der Waals surface area contributed by atoms with Crippen LogP contribution in [0.1, 0.15) is 25.5 Å². The maximum absolute atomic E-state index is 6.05. The van der Waals surface area contributed by atoms with Crippen LogP contribution in [0.2, 0.25) is 0 Å². The molecule has 3 heteroatoms. The Morgan fingerprint density at radius 1 is 1.10 bits per heavy atom. The normalized spacial score (nSPS) is 13.0. The highest BCUT2D eigenvalue weighted by atomic mass is 16.5. The molecule has 2 rings (SSSR count). The lowest BCUT2D eigenvalue weighted by Gasteiger charge is -2.30. The zero-order valence-electron chi connectivity index (χ0n) is 13.1. The number of nitrogens with zero attached hydrogens (tertiary/aromatic N) is 1. The van der Waals surface area contributed by atoms with E-state index in [1.807, 2.05) is 6.92 Å². The molecule has 0 spiro atoms. The lowest BCUT2D eigenvalue weighted by atomic mass is 10.0. The smallest absolute Gasteiger partial charge is 0.0593 e. The first-order chi connectivity index (χ1) is 10.3. The minimum atomic E-state index is 0.250. The minimum absolute atomic E-state index is 0.250. The van der Waals surface area contributed by atoms with Gasteiger partial charge in [-0.15, -0.1) is 0 Å². The van der Waals surface area contributed by atoms with Crippen molar-refractivity contribution in [2.24, 2.45) is 5.73 Å². The van der Waals surface area contributed by atoms with E-state index in [0.29, 0.717) is 6.54 Å². The van der Waals surface area contributed by atoms with Gasteiger partial charge in [-0.05, 0) is 35.9 Å². The minimum Gasteiger partial charge on any atom is -0.380 e. The average molecular weight is 286 g/mol. The first-order valence-corrected chi connectivity index (χ1v) is 7.80. The number of benzene rings is 2. The van der Waals surface area contributed by atoms with Gasteiger partial charge in [-0.2, -0.15) is 0 Å². The molecule has 3 nitrogen and oxygen atoms in total. The molecule has 0 saturated heterocycles. The van der Waals surface area contributed by atoms with Crippen molar-refractivity contribution in [1.29, 1.82) is 0 Å². The number of rotatable bonds is 8. The fraction of sp³-hybridized carbons (Fsp3) is 0.444. The van der Waals surface area contributed by atoms with Crippen LogP contribution in [0.25, 0.3) is 10.8 Å². The molecule has 1 unspecified atom stereocenters. The van der Waals surface area contributed by atoms with Gasteiger partial charge in [-0.3, -0.25) is 4.90 Å². The van der Waals surface area contributed by atoms with E-state index in [0.717, 1.165) is 26.3 Å². The van der Waals surface area contributed by atoms with Crippen molar-refractivity contribution in [3.8, 4) is 0 Å². The summed E-state index contributed by atoms with van der Waals surface area (Å²) in [6.07, 6.45) is 0. The highest BCUT2D eigenvalue weighted by Crippen LogP contribution is 2.24. The van der Waals surface area contributed by atoms with Crippen LogP contribution in [-0.4, -0.2) is 37.7 Å². The molecule has 2 N–H and O–H groups in total. The molecule has 0 aliphatic carbocycles. The molecule has 1 atom stereocenters. The van der Waals surface area contributed by atoms with Crippen LogP contribution in [0.4, 0.5) is 0 Å². The van der Waals surface area contributed by atoms with Gasteiger partial charge in [0.05, 0.1) is 6.61 Å². The van der Waals surface area contributed by atoms with Crippen LogP contribution in [0, 0.1) is 0 Å².